The fraction of sp³-hybridized carbons (Fsp3) is 0.185. The van der Waals surface area contributed by atoms with Gasteiger partial charge in [0.1, 0.15) is 29.1 Å². The van der Waals surface area contributed by atoms with E-state index in [4.69, 9.17) is 14.3 Å². The highest BCUT2D eigenvalue weighted by Gasteiger charge is 2.36. The van der Waals surface area contributed by atoms with Crippen LogP contribution in [0.5, 0.6) is 11.5 Å². The number of benzene rings is 2. The predicted octanol–water partition coefficient (Wildman–Crippen LogP) is 5.02. The number of hydrogen-bond donors (Lipinski definition) is 3. The number of rotatable bonds is 8. The Kier molecular flexibility index (Phi) is 8.25. The molecule has 1 aliphatic rings. The molecule has 38 heavy (non-hydrogen) atoms. The van der Waals surface area contributed by atoms with Gasteiger partial charge < -0.3 is 24.7 Å². The van der Waals surface area contributed by atoms with Gasteiger partial charge in [0.05, 0.1) is 18.3 Å². The number of ether oxygens (including phenoxy) is 1. The second kappa shape index (κ2) is 11.3. The number of fused-ring (bicyclic) bond motifs is 1. The maximum Gasteiger partial charge on any atom is 0.341 e. The molecule has 3 aromatic rings. The average molecular weight is 741 g/mol. The van der Waals surface area contributed by atoms with E-state index in [0.29, 0.717) is 18.7 Å². The summed E-state index contributed by atoms with van der Waals surface area (Å²) in [6, 6.07) is 7.72. The third kappa shape index (κ3) is 5.62. The van der Waals surface area contributed by atoms with Crippen LogP contribution in [-0.2, 0) is 4.79 Å². The monoisotopic (exact) mass is 741 g/mol. The third-order valence-corrected chi connectivity index (χ3v) is 7.30. The van der Waals surface area contributed by atoms with E-state index in [1.807, 2.05) is 59.0 Å². The van der Waals surface area contributed by atoms with Crippen LogP contribution in [0.25, 0.3) is 6.08 Å². The number of aromatic hydroxyl groups is 1. The first-order chi connectivity index (χ1) is 18.0. The standard InChI is InChI=1S/C27H21I2NO8/c1-12(2)25-22(23(34)14-9-16(28)26(17(29)10-14)37-11-20(32)33)21-19(38-25)8-7-18(24(21)35)30-27(36)13-3-5-15(31)6-4-13/h3-10,12,18,31H,11H2,1-2H3,(H,30,36)(H,32,33). The van der Waals surface area contributed by atoms with Gasteiger partial charge in [-0.05, 0) is 87.7 Å². The number of furan rings is 1. The van der Waals surface area contributed by atoms with Crippen molar-refractivity contribution in [3.05, 3.63) is 83.4 Å². The van der Waals surface area contributed by atoms with Gasteiger partial charge in [0.15, 0.2) is 18.2 Å². The number of phenolic OH excluding ortho intramolecular Hbond substituents is 1. The Hall–Kier alpha value is -3.20. The van der Waals surface area contributed by atoms with Crippen LogP contribution in [0.2, 0.25) is 0 Å². The van der Waals surface area contributed by atoms with E-state index in [0.717, 1.165) is 0 Å². The van der Waals surface area contributed by atoms with Crippen molar-refractivity contribution in [2.45, 2.75) is 25.8 Å². The quantitative estimate of drug-likeness (QED) is 0.216. The third-order valence-electron chi connectivity index (χ3n) is 5.70. The summed E-state index contributed by atoms with van der Waals surface area (Å²) in [5.74, 6) is -1.84. The Bertz CT molecular complexity index is 1460. The minimum Gasteiger partial charge on any atom is -0.508 e. The van der Waals surface area contributed by atoms with Crippen molar-refractivity contribution >= 4 is 74.7 Å². The van der Waals surface area contributed by atoms with Crippen molar-refractivity contribution in [3.8, 4) is 11.5 Å². The second-order valence-electron chi connectivity index (χ2n) is 8.74. The summed E-state index contributed by atoms with van der Waals surface area (Å²) >= 11 is 3.93. The first kappa shape index (κ1) is 27.8. The lowest BCUT2D eigenvalue weighted by molar-refractivity contribution is -0.139. The molecule has 0 saturated heterocycles. The number of ketones is 2. The first-order valence-corrected chi connectivity index (χ1v) is 13.5. The summed E-state index contributed by atoms with van der Waals surface area (Å²) in [4.78, 5) is 51.0. The summed E-state index contributed by atoms with van der Waals surface area (Å²) < 4.78 is 12.4. The molecule has 1 unspecified atom stereocenters. The van der Waals surface area contributed by atoms with E-state index in [1.165, 1.54) is 30.3 Å². The topological polar surface area (TPSA) is 143 Å². The van der Waals surface area contributed by atoms with E-state index < -0.39 is 36.1 Å². The van der Waals surface area contributed by atoms with Gasteiger partial charge in [-0.25, -0.2) is 4.79 Å². The molecule has 1 aliphatic carbocycles. The molecule has 0 saturated carbocycles. The van der Waals surface area contributed by atoms with Gasteiger partial charge in [0.2, 0.25) is 0 Å². The lowest BCUT2D eigenvalue weighted by Gasteiger charge is -2.18. The van der Waals surface area contributed by atoms with Gasteiger partial charge in [-0.2, -0.15) is 0 Å². The molecule has 1 amide bonds. The Morgan fingerprint density at radius 3 is 2.29 bits per heavy atom. The smallest absolute Gasteiger partial charge is 0.341 e. The molecule has 2 aromatic carbocycles. The molecule has 196 valence electrons. The summed E-state index contributed by atoms with van der Waals surface area (Å²) in [7, 11) is 0. The number of nitrogens with one attached hydrogen (secondary N) is 1. The largest absolute Gasteiger partial charge is 0.508 e. The number of carboxylic acids is 1. The number of aliphatic carboxylic acids is 1. The Balaban J connectivity index is 1.70. The highest BCUT2D eigenvalue weighted by atomic mass is 127. The number of carbonyl (C=O) groups excluding carboxylic acids is 3. The minimum atomic E-state index is -1.12. The zero-order chi connectivity index (χ0) is 27.7. The zero-order valence-corrected chi connectivity index (χ0v) is 24.4. The fourth-order valence-corrected chi connectivity index (χ4v) is 6.03. The highest BCUT2D eigenvalue weighted by molar-refractivity contribution is 14.1. The number of phenols is 1. The van der Waals surface area contributed by atoms with Gasteiger partial charge >= 0.3 is 5.97 Å². The molecule has 0 fully saturated rings. The normalized spacial score (nSPS) is 14.3. The fourth-order valence-electron chi connectivity index (χ4n) is 3.95. The van der Waals surface area contributed by atoms with Crippen LogP contribution in [-0.4, -0.2) is 46.3 Å². The summed E-state index contributed by atoms with van der Waals surface area (Å²) in [6.45, 7) is 3.16. The van der Waals surface area contributed by atoms with E-state index >= 15 is 0 Å². The van der Waals surface area contributed by atoms with Gasteiger partial charge in [-0.15, -0.1) is 0 Å². The van der Waals surface area contributed by atoms with Crippen molar-refractivity contribution in [3.63, 3.8) is 0 Å². The van der Waals surface area contributed by atoms with Gasteiger partial charge in [-0.1, -0.05) is 19.9 Å². The maximum absolute atomic E-state index is 13.8. The van der Waals surface area contributed by atoms with Gasteiger partial charge in [-0.3, -0.25) is 14.4 Å². The van der Waals surface area contributed by atoms with Crippen molar-refractivity contribution in [2.24, 2.45) is 0 Å². The van der Waals surface area contributed by atoms with Crippen LogP contribution in [0.3, 0.4) is 0 Å². The second-order valence-corrected chi connectivity index (χ2v) is 11.1. The number of carbonyl (C=O) groups is 4. The minimum absolute atomic E-state index is 0.00778. The Morgan fingerprint density at radius 2 is 1.71 bits per heavy atom. The molecule has 0 aliphatic heterocycles. The molecule has 4 rings (SSSR count). The Labute approximate surface area is 244 Å². The average Bonchev–Trinajstić information content (AvgIpc) is 3.25. The van der Waals surface area contributed by atoms with Crippen LogP contribution < -0.4 is 10.1 Å². The van der Waals surface area contributed by atoms with Crippen LogP contribution in [0.15, 0.2) is 46.9 Å². The molecule has 0 bridgehead atoms. The molecular weight excluding hydrogens is 720 g/mol. The van der Waals surface area contributed by atoms with Crippen LogP contribution >= 0.6 is 45.2 Å². The molecule has 11 heteroatoms. The Morgan fingerprint density at radius 1 is 1.08 bits per heavy atom. The molecule has 1 aromatic heterocycles. The predicted molar refractivity (Wildman–Crippen MR) is 154 cm³/mol. The van der Waals surface area contributed by atoms with Gasteiger partial charge in [0, 0.05) is 17.0 Å². The number of amides is 1. The van der Waals surface area contributed by atoms with Crippen LogP contribution in [0, 0.1) is 7.14 Å². The first-order valence-electron chi connectivity index (χ1n) is 11.3. The summed E-state index contributed by atoms with van der Waals surface area (Å²) in [5.41, 5.74) is 0.752. The number of carboxylic acid groups (broad SMARTS) is 1. The number of hydrogen-bond acceptors (Lipinski definition) is 7. The number of halogens is 2. The summed E-state index contributed by atoms with van der Waals surface area (Å²) in [5, 5.41) is 21.1. The van der Waals surface area contributed by atoms with E-state index in [2.05, 4.69) is 5.32 Å². The number of Topliss-reactive ketones (excluding diaryl/α,β-unsaturated/α-hetero) is 1. The highest BCUT2D eigenvalue weighted by Crippen LogP contribution is 2.36. The van der Waals surface area contributed by atoms with Crippen LogP contribution in [0.1, 0.15) is 67.9 Å². The zero-order valence-electron chi connectivity index (χ0n) is 20.1. The summed E-state index contributed by atoms with van der Waals surface area (Å²) in [6.07, 6.45) is 3.07. The maximum atomic E-state index is 13.8. The van der Waals surface area contributed by atoms with Crippen molar-refractivity contribution in [1.82, 2.24) is 5.32 Å². The van der Waals surface area contributed by atoms with Crippen molar-refractivity contribution < 1.29 is 38.5 Å². The molecule has 1 atom stereocenters. The molecule has 3 N–H and O–H groups in total. The molecule has 0 radical (unpaired) electrons. The van der Waals surface area contributed by atoms with Crippen molar-refractivity contribution in [1.29, 1.82) is 0 Å². The lowest BCUT2D eigenvalue weighted by atomic mass is 9.88. The van der Waals surface area contributed by atoms with E-state index in [-0.39, 0.29) is 39.7 Å². The molecule has 1 heterocycles. The van der Waals surface area contributed by atoms with E-state index in [1.54, 1.807) is 18.2 Å². The van der Waals surface area contributed by atoms with Gasteiger partial charge in [0.25, 0.3) is 5.91 Å². The van der Waals surface area contributed by atoms with Crippen molar-refractivity contribution in [2.75, 3.05) is 6.61 Å². The van der Waals surface area contributed by atoms with E-state index in [9.17, 15) is 24.3 Å². The SMILES string of the molecule is CC(C)c1oc2c(c1C(=O)c1cc(I)c(OCC(=O)O)c(I)c1)C(=O)C(NC(=O)c1ccc(O)cc1)C=C2. The lowest BCUT2D eigenvalue weighted by Crippen LogP contribution is -2.41. The molecule has 0 spiro atoms. The molecular formula is C27H21I2NO8. The molecule has 9 nitrogen and oxygen atoms in total. The van der Waals surface area contributed by atoms with Crippen LogP contribution in [0.4, 0.5) is 0 Å².